The van der Waals surface area contributed by atoms with Crippen molar-refractivity contribution >= 4 is 44.8 Å². The molecule has 0 aliphatic rings. The molecular formula is C20H19BrN4O3S. The summed E-state index contributed by atoms with van der Waals surface area (Å²) in [6.07, 6.45) is 0.670. The van der Waals surface area contributed by atoms with E-state index in [2.05, 4.69) is 36.8 Å². The van der Waals surface area contributed by atoms with Crippen molar-refractivity contribution in [1.82, 2.24) is 15.5 Å². The molecule has 2 N–H and O–H groups in total. The van der Waals surface area contributed by atoms with Gasteiger partial charge in [-0.3, -0.25) is 9.59 Å². The smallest absolute Gasteiger partial charge is 0.286 e. The number of carbonyl (C=O) groups excluding carboxylic acids is 2. The van der Waals surface area contributed by atoms with Gasteiger partial charge in [0.15, 0.2) is 0 Å². The molecule has 1 heterocycles. The Balaban J connectivity index is 1.48. The van der Waals surface area contributed by atoms with Gasteiger partial charge in [0.25, 0.3) is 5.91 Å². The SMILES string of the molecule is COc1ccc(Br)cc1CNC(=O)CCc1nnc(C(=O)Nc2ccccc2)s1. The lowest BCUT2D eigenvalue weighted by Gasteiger charge is -2.10. The molecule has 150 valence electrons. The molecule has 3 rings (SSSR count). The van der Waals surface area contributed by atoms with Crippen LogP contribution in [0, 0.1) is 0 Å². The molecule has 1 aromatic heterocycles. The average molecular weight is 475 g/mol. The minimum absolute atomic E-state index is 0.113. The lowest BCUT2D eigenvalue weighted by molar-refractivity contribution is -0.121. The first kappa shape index (κ1) is 20.9. The van der Waals surface area contributed by atoms with Crippen molar-refractivity contribution in [3.63, 3.8) is 0 Å². The third kappa shape index (κ3) is 6.10. The van der Waals surface area contributed by atoms with E-state index < -0.39 is 0 Å². The first-order valence-electron chi connectivity index (χ1n) is 8.83. The summed E-state index contributed by atoms with van der Waals surface area (Å²) < 4.78 is 6.22. The molecular weight excluding hydrogens is 456 g/mol. The van der Waals surface area contributed by atoms with E-state index in [-0.39, 0.29) is 23.2 Å². The summed E-state index contributed by atoms with van der Waals surface area (Å²) in [4.78, 5) is 24.4. The van der Waals surface area contributed by atoms with Gasteiger partial charge >= 0.3 is 0 Å². The molecule has 29 heavy (non-hydrogen) atoms. The maximum Gasteiger partial charge on any atom is 0.286 e. The molecule has 3 aromatic rings. The van der Waals surface area contributed by atoms with Crippen molar-refractivity contribution in [2.75, 3.05) is 12.4 Å². The molecule has 0 atom stereocenters. The molecule has 0 aliphatic heterocycles. The van der Waals surface area contributed by atoms with Gasteiger partial charge in [0.05, 0.1) is 7.11 Å². The molecule has 2 amide bonds. The zero-order valence-corrected chi connectivity index (χ0v) is 18.0. The van der Waals surface area contributed by atoms with Gasteiger partial charge in [-0.1, -0.05) is 45.5 Å². The first-order chi connectivity index (χ1) is 14.0. The van der Waals surface area contributed by atoms with Crippen molar-refractivity contribution in [3.05, 3.63) is 68.6 Å². The summed E-state index contributed by atoms with van der Waals surface area (Å²) in [5.41, 5.74) is 1.57. The summed E-state index contributed by atoms with van der Waals surface area (Å²) in [5.74, 6) is 0.287. The van der Waals surface area contributed by atoms with E-state index in [0.29, 0.717) is 29.4 Å². The second-order valence-electron chi connectivity index (χ2n) is 6.05. The van der Waals surface area contributed by atoms with Gasteiger partial charge < -0.3 is 15.4 Å². The number of para-hydroxylation sites is 1. The summed E-state index contributed by atoms with van der Waals surface area (Å²) in [6, 6.07) is 14.8. The largest absolute Gasteiger partial charge is 0.496 e. The van der Waals surface area contributed by atoms with Crippen LogP contribution in [0.25, 0.3) is 0 Å². The van der Waals surface area contributed by atoms with E-state index in [0.717, 1.165) is 10.0 Å². The normalized spacial score (nSPS) is 10.4. The minimum atomic E-state index is -0.314. The van der Waals surface area contributed by atoms with Gasteiger partial charge in [-0.05, 0) is 30.3 Å². The van der Waals surface area contributed by atoms with Crippen LogP contribution in [0.4, 0.5) is 5.69 Å². The minimum Gasteiger partial charge on any atom is -0.496 e. The Kier molecular flexibility index (Phi) is 7.31. The van der Waals surface area contributed by atoms with Gasteiger partial charge in [0, 0.05) is 35.1 Å². The lowest BCUT2D eigenvalue weighted by Crippen LogP contribution is -2.23. The Labute approximate surface area is 180 Å². The van der Waals surface area contributed by atoms with Crippen molar-refractivity contribution in [3.8, 4) is 5.75 Å². The summed E-state index contributed by atoms with van der Waals surface area (Å²) in [6.45, 7) is 0.363. The van der Waals surface area contributed by atoms with Gasteiger partial charge in [-0.2, -0.15) is 0 Å². The number of amides is 2. The van der Waals surface area contributed by atoms with Crippen molar-refractivity contribution in [1.29, 1.82) is 0 Å². The zero-order valence-electron chi connectivity index (χ0n) is 15.6. The molecule has 0 fully saturated rings. The number of benzene rings is 2. The zero-order chi connectivity index (χ0) is 20.6. The summed E-state index contributed by atoms with van der Waals surface area (Å²) in [5, 5.41) is 14.5. The topological polar surface area (TPSA) is 93.2 Å². The molecule has 2 aromatic carbocycles. The third-order valence-corrected chi connectivity index (χ3v) is 5.45. The molecule has 0 spiro atoms. The van der Waals surface area contributed by atoms with Gasteiger partial charge in [0.2, 0.25) is 10.9 Å². The van der Waals surface area contributed by atoms with E-state index >= 15 is 0 Å². The highest BCUT2D eigenvalue weighted by atomic mass is 79.9. The first-order valence-corrected chi connectivity index (χ1v) is 10.4. The second kappa shape index (κ2) is 10.1. The van der Waals surface area contributed by atoms with Crippen LogP contribution in [0.1, 0.15) is 26.8 Å². The number of carbonyl (C=O) groups is 2. The molecule has 0 saturated carbocycles. The van der Waals surface area contributed by atoms with Crippen LogP contribution in [0.2, 0.25) is 0 Å². The fourth-order valence-electron chi connectivity index (χ4n) is 2.54. The number of hydrogen-bond donors (Lipinski definition) is 2. The van der Waals surface area contributed by atoms with E-state index in [1.54, 1.807) is 19.2 Å². The standard InChI is InChI=1S/C20H19BrN4O3S/c1-28-16-8-7-14(21)11-13(16)12-22-17(26)9-10-18-24-25-20(29-18)19(27)23-15-5-3-2-4-6-15/h2-8,11H,9-10,12H2,1H3,(H,22,26)(H,23,27). The third-order valence-electron chi connectivity index (χ3n) is 3.98. The number of anilines is 1. The highest BCUT2D eigenvalue weighted by Gasteiger charge is 2.14. The molecule has 7 nitrogen and oxygen atoms in total. The highest BCUT2D eigenvalue weighted by molar-refractivity contribution is 9.10. The lowest BCUT2D eigenvalue weighted by atomic mass is 10.2. The van der Waals surface area contributed by atoms with E-state index in [1.165, 1.54) is 11.3 Å². The Morgan fingerprint density at radius 1 is 1.14 bits per heavy atom. The van der Waals surface area contributed by atoms with Gasteiger partial charge in [0.1, 0.15) is 10.8 Å². The predicted octanol–water partition coefficient (Wildman–Crippen LogP) is 3.81. The van der Waals surface area contributed by atoms with E-state index in [4.69, 9.17) is 4.74 Å². The van der Waals surface area contributed by atoms with Crippen molar-refractivity contribution < 1.29 is 14.3 Å². The number of rotatable bonds is 8. The predicted molar refractivity (Wildman–Crippen MR) is 115 cm³/mol. The quantitative estimate of drug-likeness (QED) is 0.517. The van der Waals surface area contributed by atoms with Crippen LogP contribution in [0.5, 0.6) is 5.75 Å². The highest BCUT2D eigenvalue weighted by Crippen LogP contribution is 2.22. The van der Waals surface area contributed by atoms with E-state index in [9.17, 15) is 9.59 Å². The molecule has 0 radical (unpaired) electrons. The number of hydrogen-bond acceptors (Lipinski definition) is 6. The van der Waals surface area contributed by atoms with Gasteiger partial charge in [-0.15, -0.1) is 10.2 Å². The van der Waals surface area contributed by atoms with E-state index in [1.807, 2.05) is 36.4 Å². The van der Waals surface area contributed by atoms with Crippen LogP contribution in [-0.4, -0.2) is 29.1 Å². The molecule has 0 aliphatic carbocycles. The number of ether oxygens (including phenoxy) is 1. The summed E-state index contributed by atoms with van der Waals surface area (Å²) in [7, 11) is 1.59. The average Bonchev–Trinajstić information content (AvgIpc) is 3.21. The van der Waals surface area contributed by atoms with Crippen LogP contribution < -0.4 is 15.4 Å². The maximum absolute atomic E-state index is 12.2. The summed E-state index contributed by atoms with van der Waals surface area (Å²) >= 11 is 4.60. The molecule has 9 heteroatoms. The van der Waals surface area contributed by atoms with Crippen LogP contribution >= 0.6 is 27.3 Å². The van der Waals surface area contributed by atoms with Crippen molar-refractivity contribution in [2.45, 2.75) is 19.4 Å². The number of methoxy groups -OCH3 is 1. The molecule has 0 saturated heterocycles. The Morgan fingerprint density at radius 3 is 2.69 bits per heavy atom. The fourth-order valence-corrected chi connectivity index (χ4v) is 3.68. The molecule has 0 bridgehead atoms. The second-order valence-corrected chi connectivity index (χ2v) is 8.03. The van der Waals surface area contributed by atoms with Crippen LogP contribution in [0.15, 0.2) is 53.0 Å². The van der Waals surface area contributed by atoms with Gasteiger partial charge in [-0.25, -0.2) is 0 Å². The van der Waals surface area contributed by atoms with Crippen LogP contribution in [-0.2, 0) is 17.8 Å². The number of halogens is 1. The number of aromatic nitrogens is 2. The molecule has 0 unspecified atom stereocenters. The Morgan fingerprint density at radius 2 is 1.93 bits per heavy atom. The number of nitrogens with zero attached hydrogens (tertiary/aromatic N) is 2. The Hall–Kier alpha value is -2.78. The monoisotopic (exact) mass is 474 g/mol. The maximum atomic E-state index is 12.2. The van der Waals surface area contributed by atoms with Crippen LogP contribution in [0.3, 0.4) is 0 Å². The Bertz CT molecular complexity index is 994. The fraction of sp³-hybridized carbons (Fsp3) is 0.200. The van der Waals surface area contributed by atoms with Crippen molar-refractivity contribution in [2.24, 2.45) is 0 Å². The number of nitrogens with one attached hydrogen (secondary N) is 2. The number of aryl methyl sites for hydroxylation is 1.